The molecule has 0 amide bonds. The fourth-order valence-corrected chi connectivity index (χ4v) is 5.66. The standard InChI is InChI=1S/C35H22N2/c1-2-8-24-19-25(14-13-23(24)7-1)26-15-16-28-21-29(18-17-27(28)20-26)31-22-30-9-3-5-11-33(30)37-34-12-6-4-10-32(34)36-35(31)37/h1-22H. The highest BCUT2D eigenvalue weighted by molar-refractivity contribution is 6.00. The predicted octanol–water partition coefficient (Wildman–Crippen LogP) is 9.28. The van der Waals surface area contributed by atoms with Crippen molar-refractivity contribution in [1.29, 1.82) is 0 Å². The monoisotopic (exact) mass is 470 g/mol. The molecular formula is C35H22N2. The third kappa shape index (κ3) is 3.16. The Kier molecular flexibility index (Phi) is 4.26. The number of imidazole rings is 1. The van der Waals surface area contributed by atoms with Gasteiger partial charge in [0.15, 0.2) is 0 Å². The molecule has 0 atom stereocenters. The summed E-state index contributed by atoms with van der Waals surface area (Å²) in [6, 6.07) is 48.0. The van der Waals surface area contributed by atoms with Gasteiger partial charge in [0.2, 0.25) is 0 Å². The molecule has 0 aliphatic heterocycles. The average Bonchev–Trinajstić information content (AvgIpc) is 3.36. The van der Waals surface area contributed by atoms with Crippen molar-refractivity contribution in [2.45, 2.75) is 0 Å². The van der Waals surface area contributed by atoms with Crippen molar-refractivity contribution in [1.82, 2.24) is 9.38 Å². The van der Waals surface area contributed by atoms with Gasteiger partial charge in [0.05, 0.1) is 16.6 Å². The summed E-state index contributed by atoms with van der Waals surface area (Å²) >= 11 is 0. The molecule has 8 rings (SSSR count). The van der Waals surface area contributed by atoms with Gasteiger partial charge in [-0.3, -0.25) is 4.40 Å². The zero-order chi connectivity index (χ0) is 24.3. The molecule has 0 aliphatic rings. The Morgan fingerprint density at radius 1 is 0.405 bits per heavy atom. The van der Waals surface area contributed by atoms with E-state index in [-0.39, 0.29) is 0 Å². The molecule has 0 unspecified atom stereocenters. The van der Waals surface area contributed by atoms with Gasteiger partial charge in [-0.2, -0.15) is 0 Å². The number of rotatable bonds is 2. The Labute approximate surface area is 214 Å². The highest BCUT2D eigenvalue weighted by Gasteiger charge is 2.14. The summed E-state index contributed by atoms with van der Waals surface area (Å²) in [5.74, 6) is 0. The number of pyridine rings is 1. The zero-order valence-electron chi connectivity index (χ0n) is 20.1. The summed E-state index contributed by atoms with van der Waals surface area (Å²) in [7, 11) is 0. The highest BCUT2D eigenvalue weighted by atomic mass is 15.0. The van der Waals surface area contributed by atoms with Crippen LogP contribution in [0.4, 0.5) is 0 Å². The van der Waals surface area contributed by atoms with Crippen LogP contribution in [0.2, 0.25) is 0 Å². The van der Waals surface area contributed by atoms with Crippen molar-refractivity contribution in [3.8, 4) is 22.3 Å². The van der Waals surface area contributed by atoms with Crippen LogP contribution in [0.15, 0.2) is 133 Å². The van der Waals surface area contributed by atoms with Gasteiger partial charge in [0.1, 0.15) is 5.65 Å². The van der Waals surface area contributed by atoms with Crippen LogP contribution < -0.4 is 0 Å². The molecule has 172 valence electrons. The Morgan fingerprint density at radius 3 is 1.73 bits per heavy atom. The van der Waals surface area contributed by atoms with E-state index in [1.54, 1.807) is 0 Å². The summed E-state index contributed by atoms with van der Waals surface area (Å²) in [5.41, 5.74) is 9.12. The smallest absolute Gasteiger partial charge is 0.146 e. The normalized spacial score (nSPS) is 11.8. The molecule has 0 N–H and O–H groups in total. The second-order valence-corrected chi connectivity index (χ2v) is 9.72. The summed E-state index contributed by atoms with van der Waals surface area (Å²) < 4.78 is 2.30. The molecule has 0 bridgehead atoms. The van der Waals surface area contributed by atoms with Crippen molar-refractivity contribution >= 4 is 49.1 Å². The molecule has 2 heterocycles. The van der Waals surface area contributed by atoms with Gasteiger partial charge < -0.3 is 0 Å². The molecule has 0 saturated carbocycles. The van der Waals surface area contributed by atoms with E-state index in [0.717, 1.165) is 22.2 Å². The number of aromatic nitrogens is 2. The minimum absolute atomic E-state index is 0.993. The van der Waals surface area contributed by atoms with Crippen molar-refractivity contribution in [3.05, 3.63) is 133 Å². The SMILES string of the molecule is c1ccc2cc(-c3ccc4cc(-c5cc6ccccc6n6c5nc5ccccc56)ccc4c3)ccc2c1. The summed E-state index contributed by atoms with van der Waals surface area (Å²) in [6.07, 6.45) is 0. The van der Waals surface area contributed by atoms with Crippen LogP contribution in [0, 0.1) is 0 Å². The van der Waals surface area contributed by atoms with Gasteiger partial charge in [-0.05, 0) is 86.1 Å². The van der Waals surface area contributed by atoms with E-state index in [0.29, 0.717) is 0 Å². The van der Waals surface area contributed by atoms with Gasteiger partial charge in [-0.1, -0.05) is 91.0 Å². The molecule has 8 aromatic rings. The maximum atomic E-state index is 5.06. The number of benzene rings is 6. The Balaban J connectivity index is 1.31. The lowest BCUT2D eigenvalue weighted by molar-refractivity contribution is 1.30. The molecule has 0 radical (unpaired) electrons. The van der Waals surface area contributed by atoms with Crippen molar-refractivity contribution in [2.24, 2.45) is 0 Å². The first-order chi connectivity index (χ1) is 18.3. The third-order valence-corrected chi connectivity index (χ3v) is 7.51. The zero-order valence-corrected chi connectivity index (χ0v) is 20.1. The first kappa shape index (κ1) is 20.3. The van der Waals surface area contributed by atoms with Crippen molar-refractivity contribution in [2.75, 3.05) is 0 Å². The molecule has 0 spiro atoms. The predicted molar refractivity (Wildman–Crippen MR) is 156 cm³/mol. The molecule has 2 heteroatoms. The van der Waals surface area contributed by atoms with Crippen molar-refractivity contribution < 1.29 is 0 Å². The number of nitrogens with zero attached hydrogens (tertiary/aromatic N) is 2. The number of hydrogen-bond acceptors (Lipinski definition) is 1. The molecule has 0 saturated heterocycles. The van der Waals surface area contributed by atoms with E-state index in [2.05, 4.69) is 138 Å². The molecule has 2 aromatic heterocycles. The van der Waals surface area contributed by atoms with Crippen LogP contribution in [0.3, 0.4) is 0 Å². The maximum absolute atomic E-state index is 5.06. The van der Waals surface area contributed by atoms with Crippen LogP contribution in [-0.2, 0) is 0 Å². The fourth-order valence-electron chi connectivity index (χ4n) is 5.66. The summed E-state index contributed by atoms with van der Waals surface area (Å²) in [5, 5.41) is 6.21. The average molecular weight is 471 g/mol. The molecule has 0 fully saturated rings. The van der Waals surface area contributed by atoms with Gasteiger partial charge in [0.25, 0.3) is 0 Å². The van der Waals surface area contributed by atoms with E-state index in [1.807, 2.05) is 0 Å². The highest BCUT2D eigenvalue weighted by Crippen LogP contribution is 2.35. The number of fused-ring (bicyclic) bond motifs is 7. The lowest BCUT2D eigenvalue weighted by atomic mass is 9.96. The lowest BCUT2D eigenvalue weighted by Crippen LogP contribution is -1.92. The second-order valence-electron chi connectivity index (χ2n) is 9.72. The molecular weight excluding hydrogens is 448 g/mol. The van der Waals surface area contributed by atoms with Crippen molar-refractivity contribution in [3.63, 3.8) is 0 Å². The van der Waals surface area contributed by atoms with Gasteiger partial charge in [-0.15, -0.1) is 0 Å². The van der Waals surface area contributed by atoms with Gasteiger partial charge in [0, 0.05) is 5.56 Å². The van der Waals surface area contributed by atoms with E-state index in [1.165, 1.54) is 49.1 Å². The quantitative estimate of drug-likeness (QED) is 0.246. The molecule has 0 aliphatic carbocycles. The maximum Gasteiger partial charge on any atom is 0.146 e. The van der Waals surface area contributed by atoms with Crippen LogP contribution in [0.25, 0.3) is 71.4 Å². The second kappa shape index (κ2) is 7.78. The molecule has 37 heavy (non-hydrogen) atoms. The summed E-state index contributed by atoms with van der Waals surface area (Å²) in [6.45, 7) is 0. The first-order valence-electron chi connectivity index (χ1n) is 12.6. The van der Waals surface area contributed by atoms with Gasteiger partial charge >= 0.3 is 0 Å². The number of para-hydroxylation sites is 3. The Hall–Kier alpha value is -4.95. The third-order valence-electron chi connectivity index (χ3n) is 7.51. The van der Waals surface area contributed by atoms with E-state index in [4.69, 9.17) is 4.98 Å². The van der Waals surface area contributed by atoms with Crippen LogP contribution in [0.5, 0.6) is 0 Å². The van der Waals surface area contributed by atoms with E-state index >= 15 is 0 Å². The van der Waals surface area contributed by atoms with Crippen LogP contribution in [-0.4, -0.2) is 9.38 Å². The lowest BCUT2D eigenvalue weighted by Gasteiger charge is -2.11. The summed E-state index contributed by atoms with van der Waals surface area (Å²) in [4.78, 5) is 5.06. The largest absolute Gasteiger partial charge is 0.292 e. The fraction of sp³-hybridized carbons (Fsp3) is 0. The van der Waals surface area contributed by atoms with E-state index in [9.17, 15) is 0 Å². The van der Waals surface area contributed by atoms with E-state index < -0.39 is 0 Å². The van der Waals surface area contributed by atoms with Crippen LogP contribution in [0.1, 0.15) is 0 Å². The molecule has 2 nitrogen and oxygen atoms in total. The van der Waals surface area contributed by atoms with Gasteiger partial charge in [-0.25, -0.2) is 4.98 Å². The Bertz CT molecular complexity index is 2150. The Morgan fingerprint density at radius 2 is 0.946 bits per heavy atom. The van der Waals surface area contributed by atoms with Crippen LogP contribution >= 0.6 is 0 Å². The minimum Gasteiger partial charge on any atom is -0.292 e. The molecule has 6 aromatic carbocycles. The minimum atomic E-state index is 0.993. The number of hydrogen-bond donors (Lipinski definition) is 0. The first-order valence-corrected chi connectivity index (χ1v) is 12.6. The topological polar surface area (TPSA) is 17.3 Å².